The zero-order chi connectivity index (χ0) is 12.8. The van der Waals surface area contributed by atoms with Crippen LogP contribution in [0.5, 0.6) is 0 Å². The molecular weight excluding hydrogens is 212 g/mol. The zero-order valence-electron chi connectivity index (χ0n) is 10.8. The van der Waals surface area contributed by atoms with E-state index in [1.54, 1.807) is 13.0 Å². The van der Waals surface area contributed by atoms with Crippen molar-refractivity contribution in [1.82, 2.24) is 4.90 Å². The van der Waals surface area contributed by atoms with Gasteiger partial charge in [-0.15, -0.1) is 0 Å². The summed E-state index contributed by atoms with van der Waals surface area (Å²) in [6.07, 6.45) is 7.67. The Labute approximate surface area is 104 Å². The molecule has 0 radical (unpaired) electrons. The largest absolute Gasteiger partial charge is 0.398 e. The Morgan fingerprint density at radius 1 is 1.59 bits per heavy atom. The molecule has 0 aromatic rings. The van der Waals surface area contributed by atoms with E-state index < -0.39 is 0 Å². The van der Waals surface area contributed by atoms with E-state index in [4.69, 9.17) is 5.73 Å². The number of carbonyl (C=O) groups is 1. The standard InChI is InChI=1S/C14H22N2O/c1-4-7-12(13(15)5-2)10-16-9-6-8-14(16)11(3)17/h4-5,7,14H,2,6,8-10,15H2,1,3H3/b7-4-,13-12-. The maximum absolute atomic E-state index is 11.5. The lowest BCUT2D eigenvalue weighted by Crippen LogP contribution is -2.36. The van der Waals surface area contributed by atoms with Crippen molar-refractivity contribution in [2.24, 2.45) is 5.73 Å². The molecule has 2 N–H and O–H groups in total. The van der Waals surface area contributed by atoms with Crippen LogP contribution in [0.15, 0.2) is 36.1 Å². The van der Waals surface area contributed by atoms with E-state index in [9.17, 15) is 4.79 Å². The van der Waals surface area contributed by atoms with Crippen LogP contribution in [-0.4, -0.2) is 29.8 Å². The van der Waals surface area contributed by atoms with Crippen LogP contribution in [0.2, 0.25) is 0 Å². The first kappa shape index (κ1) is 13.7. The second-order valence-corrected chi connectivity index (χ2v) is 4.42. The van der Waals surface area contributed by atoms with Gasteiger partial charge in [0.25, 0.3) is 0 Å². The first-order valence-electron chi connectivity index (χ1n) is 6.08. The average Bonchev–Trinajstić information content (AvgIpc) is 2.75. The van der Waals surface area contributed by atoms with E-state index in [2.05, 4.69) is 11.5 Å². The number of rotatable bonds is 5. The van der Waals surface area contributed by atoms with Crippen LogP contribution >= 0.6 is 0 Å². The van der Waals surface area contributed by atoms with E-state index >= 15 is 0 Å². The zero-order valence-corrected chi connectivity index (χ0v) is 10.8. The molecule has 3 heteroatoms. The highest BCUT2D eigenvalue weighted by Crippen LogP contribution is 2.20. The Hall–Kier alpha value is -1.35. The molecule has 3 nitrogen and oxygen atoms in total. The lowest BCUT2D eigenvalue weighted by atomic mass is 10.1. The molecule has 94 valence electrons. The van der Waals surface area contributed by atoms with E-state index in [-0.39, 0.29) is 11.8 Å². The molecule has 1 aliphatic heterocycles. The van der Waals surface area contributed by atoms with E-state index in [0.717, 1.165) is 31.5 Å². The van der Waals surface area contributed by atoms with Gasteiger partial charge in [-0.1, -0.05) is 18.7 Å². The fourth-order valence-corrected chi connectivity index (χ4v) is 2.27. The maximum Gasteiger partial charge on any atom is 0.146 e. The summed E-state index contributed by atoms with van der Waals surface area (Å²) >= 11 is 0. The summed E-state index contributed by atoms with van der Waals surface area (Å²) in [5.74, 6) is 0.250. The minimum Gasteiger partial charge on any atom is -0.398 e. The van der Waals surface area contributed by atoms with Gasteiger partial charge < -0.3 is 5.73 Å². The maximum atomic E-state index is 11.5. The van der Waals surface area contributed by atoms with Crippen molar-refractivity contribution >= 4 is 5.78 Å². The lowest BCUT2D eigenvalue weighted by molar-refractivity contribution is -0.121. The minimum absolute atomic E-state index is 0.0628. The molecule has 1 fully saturated rings. The third-order valence-electron chi connectivity index (χ3n) is 3.16. The molecule has 0 aromatic heterocycles. The summed E-state index contributed by atoms with van der Waals surface area (Å²) in [7, 11) is 0. The summed E-state index contributed by atoms with van der Waals surface area (Å²) in [6, 6.07) is 0.0628. The molecule has 1 heterocycles. The number of allylic oxidation sites excluding steroid dienone is 2. The molecule has 1 aliphatic rings. The molecule has 1 saturated heterocycles. The van der Waals surface area contributed by atoms with E-state index in [1.807, 2.05) is 19.1 Å². The predicted molar refractivity (Wildman–Crippen MR) is 71.5 cm³/mol. The van der Waals surface area contributed by atoms with Gasteiger partial charge in [-0.25, -0.2) is 0 Å². The predicted octanol–water partition coefficient (Wildman–Crippen LogP) is 2.01. The highest BCUT2D eigenvalue weighted by molar-refractivity contribution is 5.81. The van der Waals surface area contributed by atoms with Gasteiger partial charge in [0.15, 0.2) is 0 Å². The molecule has 0 saturated carbocycles. The first-order valence-corrected chi connectivity index (χ1v) is 6.08. The summed E-state index contributed by atoms with van der Waals surface area (Å²) in [6.45, 7) is 9.01. The highest BCUT2D eigenvalue weighted by Gasteiger charge is 2.28. The smallest absolute Gasteiger partial charge is 0.146 e. The Bertz CT molecular complexity index is 355. The molecule has 0 amide bonds. The fraction of sp³-hybridized carbons (Fsp3) is 0.500. The van der Waals surface area contributed by atoms with Gasteiger partial charge in [-0.2, -0.15) is 0 Å². The first-order chi connectivity index (χ1) is 8.10. The van der Waals surface area contributed by atoms with E-state index in [1.165, 1.54) is 0 Å². The molecule has 0 aliphatic carbocycles. The second-order valence-electron chi connectivity index (χ2n) is 4.42. The van der Waals surface area contributed by atoms with Crippen LogP contribution in [0.1, 0.15) is 26.7 Å². The molecule has 17 heavy (non-hydrogen) atoms. The Morgan fingerprint density at radius 3 is 2.82 bits per heavy atom. The van der Waals surface area contributed by atoms with Gasteiger partial charge in [0, 0.05) is 12.2 Å². The number of nitrogens with zero attached hydrogens (tertiary/aromatic N) is 1. The molecule has 0 aromatic carbocycles. The van der Waals surface area contributed by atoms with Crippen LogP contribution in [0.3, 0.4) is 0 Å². The van der Waals surface area contributed by atoms with Crippen LogP contribution in [0, 0.1) is 0 Å². The van der Waals surface area contributed by atoms with Crippen molar-refractivity contribution in [2.75, 3.05) is 13.1 Å². The van der Waals surface area contributed by atoms with Crippen molar-refractivity contribution < 1.29 is 4.79 Å². The average molecular weight is 234 g/mol. The van der Waals surface area contributed by atoms with Gasteiger partial charge in [0.1, 0.15) is 5.78 Å². The van der Waals surface area contributed by atoms with Crippen molar-refractivity contribution in [2.45, 2.75) is 32.7 Å². The molecular formula is C14H22N2O. The number of Topliss-reactive ketones (excluding diaryl/α,β-unsaturated/α-hetero) is 1. The number of likely N-dealkylation sites (tertiary alicyclic amines) is 1. The molecule has 1 unspecified atom stereocenters. The molecule has 1 rings (SSSR count). The topological polar surface area (TPSA) is 46.3 Å². The highest BCUT2D eigenvalue weighted by atomic mass is 16.1. The summed E-state index contributed by atoms with van der Waals surface area (Å²) in [4.78, 5) is 13.7. The normalized spacial score (nSPS) is 22.8. The molecule has 1 atom stereocenters. The van der Waals surface area contributed by atoms with Crippen LogP contribution < -0.4 is 5.73 Å². The van der Waals surface area contributed by atoms with E-state index in [0.29, 0.717) is 5.70 Å². The third-order valence-corrected chi connectivity index (χ3v) is 3.16. The van der Waals surface area contributed by atoms with Crippen LogP contribution in [-0.2, 0) is 4.79 Å². The van der Waals surface area contributed by atoms with Crippen molar-refractivity contribution in [3.8, 4) is 0 Å². The number of ketones is 1. The summed E-state index contributed by atoms with van der Waals surface area (Å²) in [5.41, 5.74) is 7.63. The molecule has 0 spiro atoms. The number of hydrogen-bond donors (Lipinski definition) is 1. The van der Waals surface area contributed by atoms with Crippen LogP contribution in [0.25, 0.3) is 0 Å². The fourth-order valence-electron chi connectivity index (χ4n) is 2.27. The van der Waals surface area contributed by atoms with Gasteiger partial charge in [0.05, 0.1) is 6.04 Å². The van der Waals surface area contributed by atoms with Gasteiger partial charge >= 0.3 is 0 Å². The summed E-state index contributed by atoms with van der Waals surface area (Å²) in [5, 5.41) is 0. The van der Waals surface area contributed by atoms with Gasteiger partial charge in [0.2, 0.25) is 0 Å². The van der Waals surface area contributed by atoms with Crippen molar-refractivity contribution in [3.63, 3.8) is 0 Å². The van der Waals surface area contributed by atoms with Crippen molar-refractivity contribution in [3.05, 3.63) is 36.1 Å². The quantitative estimate of drug-likeness (QED) is 0.740. The Balaban J connectivity index is 2.81. The Kier molecular flexibility index (Phi) is 5.16. The summed E-state index contributed by atoms with van der Waals surface area (Å²) < 4.78 is 0. The Morgan fingerprint density at radius 2 is 2.29 bits per heavy atom. The lowest BCUT2D eigenvalue weighted by Gasteiger charge is -2.23. The SMILES string of the molecule is C=C/C(N)=C(\C=C/C)CN1CCCC1C(C)=O. The number of hydrogen-bond acceptors (Lipinski definition) is 3. The number of carbonyl (C=O) groups excluding carboxylic acids is 1. The van der Waals surface area contributed by atoms with Crippen LogP contribution in [0.4, 0.5) is 0 Å². The molecule has 0 bridgehead atoms. The minimum atomic E-state index is 0.0628. The van der Waals surface area contributed by atoms with Gasteiger partial charge in [-0.3, -0.25) is 9.69 Å². The second kappa shape index (κ2) is 6.40. The van der Waals surface area contributed by atoms with Crippen molar-refractivity contribution in [1.29, 1.82) is 0 Å². The monoisotopic (exact) mass is 234 g/mol. The van der Waals surface area contributed by atoms with Gasteiger partial charge in [-0.05, 0) is 44.9 Å². The third kappa shape index (κ3) is 3.56. The number of nitrogens with two attached hydrogens (primary N) is 1.